The number of hydrogen-bond donors (Lipinski definition) is 1. The average molecular weight is 483 g/mol. The first kappa shape index (κ1) is 23.1. The molecule has 2 atom stereocenters. The molecular formula is C33H30N4. The van der Waals surface area contributed by atoms with Crippen molar-refractivity contribution in [2.75, 3.05) is 0 Å². The van der Waals surface area contributed by atoms with Crippen molar-refractivity contribution >= 4 is 17.2 Å². The Morgan fingerprint density at radius 3 is 2.22 bits per heavy atom. The van der Waals surface area contributed by atoms with Crippen LogP contribution in [-0.4, -0.2) is 16.7 Å². The van der Waals surface area contributed by atoms with Crippen LogP contribution < -0.4 is 5.32 Å². The zero-order valence-electron chi connectivity index (χ0n) is 21.2. The van der Waals surface area contributed by atoms with Crippen molar-refractivity contribution in [1.29, 1.82) is 0 Å². The van der Waals surface area contributed by atoms with Crippen LogP contribution in [0.3, 0.4) is 0 Å². The van der Waals surface area contributed by atoms with E-state index in [0.717, 1.165) is 52.6 Å². The predicted molar refractivity (Wildman–Crippen MR) is 152 cm³/mol. The maximum absolute atomic E-state index is 4.95. The van der Waals surface area contributed by atoms with Gasteiger partial charge >= 0.3 is 0 Å². The van der Waals surface area contributed by atoms with Gasteiger partial charge in [-0.05, 0) is 48.4 Å². The van der Waals surface area contributed by atoms with Gasteiger partial charge in [0.05, 0.1) is 5.69 Å². The molecule has 6 rings (SSSR count). The fourth-order valence-corrected chi connectivity index (χ4v) is 5.04. The molecule has 4 heteroatoms. The van der Waals surface area contributed by atoms with Gasteiger partial charge in [0.25, 0.3) is 0 Å². The summed E-state index contributed by atoms with van der Waals surface area (Å²) in [5.74, 6) is 2.17. The zero-order valence-corrected chi connectivity index (χ0v) is 21.2. The summed E-state index contributed by atoms with van der Waals surface area (Å²) < 4.78 is 0. The molecule has 1 aliphatic carbocycles. The molecule has 0 spiro atoms. The van der Waals surface area contributed by atoms with Crippen molar-refractivity contribution < 1.29 is 0 Å². The van der Waals surface area contributed by atoms with E-state index in [-0.39, 0.29) is 6.17 Å². The normalized spacial score (nSPS) is 19.0. The number of aryl methyl sites for hydroxylation is 1. The van der Waals surface area contributed by atoms with Crippen molar-refractivity contribution in [1.82, 2.24) is 10.3 Å². The van der Waals surface area contributed by atoms with Gasteiger partial charge in [0, 0.05) is 22.4 Å². The number of aliphatic imine (C=N–C) groups is 2. The van der Waals surface area contributed by atoms with Crippen LogP contribution in [0.4, 0.5) is 0 Å². The highest BCUT2D eigenvalue weighted by Gasteiger charge is 2.22. The first-order chi connectivity index (χ1) is 18.1. The molecule has 2 unspecified atom stereocenters. The van der Waals surface area contributed by atoms with Crippen molar-refractivity contribution in [3.05, 3.63) is 142 Å². The van der Waals surface area contributed by atoms with Crippen LogP contribution in [0.1, 0.15) is 58.7 Å². The van der Waals surface area contributed by atoms with Crippen molar-refractivity contribution in [2.45, 2.75) is 32.9 Å². The van der Waals surface area contributed by atoms with Crippen LogP contribution in [0.15, 0.2) is 113 Å². The van der Waals surface area contributed by atoms with Gasteiger partial charge in [0.15, 0.2) is 5.84 Å². The summed E-state index contributed by atoms with van der Waals surface area (Å²) >= 11 is 0. The molecule has 4 aromatic rings. The van der Waals surface area contributed by atoms with Crippen LogP contribution in [0.2, 0.25) is 0 Å². The molecule has 2 aliphatic rings. The van der Waals surface area contributed by atoms with Crippen molar-refractivity contribution in [3.63, 3.8) is 0 Å². The molecule has 1 N–H and O–H groups in total. The van der Waals surface area contributed by atoms with E-state index in [2.05, 4.69) is 85.9 Å². The van der Waals surface area contributed by atoms with Gasteiger partial charge < -0.3 is 5.32 Å². The number of nitrogens with one attached hydrogen (secondary N) is 1. The number of pyridine rings is 1. The van der Waals surface area contributed by atoms with Crippen LogP contribution in [0.25, 0.3) is 5.57 Å². The van der Waals surface area contributed by atoms with Gasteiger partial charge in [-0.3, -0.25) is 4.98 Å². The lowest BCUT2D eigenvalue weighted by molar-refractivity contribution is 0.593. The van der Waals surface area contributed by atoms with Gasteiger partial charge in [-0.1, -0.05) is 104 Å². The minimum Gasteiger partial charge on any atom is -0.344 e. The smallest absolute Gasteiger partial charge is 0.159 e. The quantitative estimate of drug-likeness (QED) is 0.344. The first-order valence-corrected chi connectivity index (χ1v) is 13.0. The molecule has 1 aliphatic heterocycles. The van der Waals surface area contributed by atoms with E-state index >= 15 is 0 Å². The molecule has 2 heterocycles. The molecule has 1 aromatic heterocycles. The highest BCUT2D eigenvalue weighted by atomic mass is 15.2. The molecule has 0 saturated carbocycles. The van der Waals surface area contributed by atoms with E-state index in [1.165, 1.54) is 16.7 Å². The lowest BCUT2D eigenvalue weighted by atomic mass is 9.96. The minimum absolute atomic E-state index is 0.200. The minimum atomic E-state index is -0.200. The lowest BCUT2D eigenvalue weighted by Gasteiger charge is -2.23. The van der Waals surface area contributed by atoms with Gasteiger partial charge in [-0.25, -0.2) is 9.98 Å². The monoisotopic (exact) mass is 482 g/mol. The summed E-state index contributed by atoms with van der Waals surface area (Å²) in [6.45, 7) is 4.38. The summed E-state index contributed by atoms with van der Waals surface area (Å²) in [5, 5.41) is 3.56. The molecule has 182 valence electrons. The van der Waals surface area contributed by atoms with E-state index in [9.17, 15) is 0 Å². The molecule has 0 bridgehead atoms. The Balaban J connectivity index is 1.36. The standard InChI is InChI=1S/C33H30N4/c1-22-13-20-29(30-28(21-22)15-14-23(2)34-30)24-16-18-27(19-17-24)33-36-31(25-9-5-3-6-10-25)35-32(37-33)26-11-7-4-8-12-26/h3-12,14-20,22,31H,13,21H2,1-2H3,(H,35,36,37). The Kier molecular flexibility index (Phi) is 6.23. The number of allylic oxidation sites excluding steroid dienone is 1. The van der Waals surface area contributed by atoms with E-state index in [1.807, 2.05) is 36.4 Å². The Hall–Kier alpha value is -4.31. The Labute approximate surface area is 218 Å². The number of amidine groups is 2. The largest absolute Gasteiger partial charge is 0.344 e. The Morgan fingerprint density at radius 2 is 1.46 bits per heavy atom. The lowest BCUT2D eigenvalue weighted by Crippen LogP contribution is -2.33. The molecule has 0 saturated heterocycles. The Morgan fingerprint density at radius 1 is 0.757 bits per heavy atom. The van der Waals surface area contributed by atoms with Gasteiger partial charge in [0.2, 0.25) is 0 Å². The Bertz CT molecular complexity index is 1500. The van der Waals surface area contributed by atoms with Crippen molar-refractivity contribution in [3.8, 4) is 0 Å². The number of nitrogens with zero attached hydrogens (tertiary/aromatic N) is 3. The molecule has 37 heavy (non-hydrogen) atoms. The maximum atomic E-state index is 4.95. The molecule has 3 aromatic carbocycles. The molecule has 4 nitrogen and oxygen atoms in total. The predicted octanol–water partition coefficient (Wildman–Crippen LogP) is 6.90. The summed E-state index contributed by atoms with van der Waals surface area (Å²) in [6, 6.07) is 33.6. The van der Waals surface area contributed by atoms with Crippen LogP contribution >= 0.6 is 0 Å². The highest BCUT2D eigenvalue weighted by molar-refractivity contribution is 6.13. The van der Waals surface area contributed by atoms with E-state index < -0.39 is 0 Å². The SMILES string of the molecule is Cc1ccc2c(n1)C(c1ccc(C3=NC(c4ccccc4)=NC(c4ccccc4)N3)cc1)=CCC(C)C2. The van der Waals surface area contributed by atoms with Crippen LogP contribution in [-0.2, 0) is 6.42 Å². The van der Waals surface area contributed by atoms with Crippen molar-refractivity contribution in [2.24, 2.45) is 15.9 Å². The molecule has 0 amide bonds. The second kappa shape index (κ2) is 9.98. The van der Waals surface area contributed by atoms with E-state index in [1.54, 1.807) is 0 Å². The van der Waals surface area contributed by atoms with Gasteiger partial charge in [-0.15, -0.1) is 0 Å². The number of hydrogen-bond acceptors (Lipinski definition) is 4. The number of fused-ring (bicyclic) bond motifs is 1. The summed E-state index contributed by atoms with van der Waals surface area (Å²) in [4.78, 5) is 14.8. The molecule has 0 radical (unpaired) electrons. The van der Waals surface area contributed by atoms with Crippen LogP contribution in [0, 0.1) is 12.8 Å². The number of benzene rings is 3. The van der Waals surface area contributed by atoms with Gasteiger partial charge in [0.1, 0.15) is 12.0 Å². The topological polar surface area (TPSA) is 49.6 Å². The molecular weight excluding hydrogens is 452 g/mol. The fraction of sp³-hybridized carbons (Fsp3) is 0.182. The maximum Gasteiger partial charge on any atom is 0.159 e. The zero-order chi connectivity index (χ0) is 25.2. The third-order valence-corrected chi connectivity index (χ3v) is 7.03. The summed E-state index contributed by atoms with van der Waals surface area (Å²) in [6.07, 6.45) is 4.27. The fourth-order valence-electron chi connectivity index (χ4n) is 5.04. The third kappa shape index (κ3) is 4.88. The molecule has 0 fully saturated rings. The second-order valence-electron chi connectivity index (χ2n) is 9.94. The van der Waals surface area contributed by atoms with E-state index in [4.69, 9.17) is 15.0 Å². The highest BCUT2D eigenvalue weighted by Crippen LogP contribution is 2.32. The van der Waals surface area contributed by atoms with E-state index in [0.29, 0.717) is 5.92 Å². The van der Waals surface area contributed by atoms with Gasteiger partial charge in [-0.2, -0.15) is 0 Å². The summed E-state index contributed by atoms with van der Waals surface area (Å²) in [5.41, 5.74) is 9.06. The summed E-state index contributed by atoms with van der Waals surface area (Å²) in [7, 11) is 0. The number of aromatic nitrogens is 1. The third-order valence-electron chi connectivity index (χ3n) is 7.03. The average Bonchev–Trinajstić information content (AvgIpc) is 3.11. The first-order valence-electron chi connectivity index (χ1n) is 13.0. The number of rotatable bonds is 4. The second-order valence-corrected chi connectivity index (χ2v) is 9.94. The van der Waals surface area contributed by atoms with Crippen LogP contribution in [0.5, 0.6) is 0 Å².